The molecule has 0 aromatic heterocycles. The van der Waals surface area contributed by atoms with Crippen LogP contribution in [0.4, 0.5) is 16.2 Å². The molecule has 0 heterocycles. The van der Waals surface area contributed by atoms with Gasteiger partial charge in [-0.2, -0.15) is 0 Å². The Morgan fingerprint density at radius 3 is 2.39 bits per heavy atom. The van der Waals surface area contributed by atoms with E-state index < -0.39 is 0 Å². The first-order chi connectivity index (χ1) is 11.1. The smallest absolute Gasteiger partial charge is 0.319 e. The van der Waals surface area contributed by atoms with Gasteiger partial charge < -0.3 is 20.6 Å². The molecule has 3 N–H and O–H groups in total. The number of benzene rings is 2. The number of rotatable bonds is 6. The molecule has 0 saturated heterocycles. The molecule has 2 amide bonds. The Morgan fingerprint density at radius 2 is 1.78 bits per heavy atom. The van der Waals surface area contributed by atoms with Crippen LogP contribution in [0.2, 0.25) is 0 Å². The molecule has 5 nitrogen and oxygen atoms in total. The molecule has 122 valence electrons. The summed E-state index contributed by atoms with van der Waals surface area (Å²) in [5.74, 6) is 0. The lowest BCUT2D eigenvalue weighted by molar-refractivity contribution is 0.229. The van der Waals surface area contributed by atoms with Crippen LogP contribution in [0.1, 0.15) is 12.5 Å². The van der Waals surface area contributed by atoms with Crippen LogP contribution in [-0.4, -0.2) is 30.8 Å². The second-order valence-electron chi connectivity index (χ2n) is 5.57. The number of urea groups is 1. The molecule has 0 bridgehead atoms. The van der Waals surface area contributed by atoms with Crippen LogP contribution in [-0.2, 0) is 6.54 Å². The lowest BCUT2D eigenvalue weighted by atomic mass is 10.2. The van der Waals surface area contributed by atoms with Crippen LogP contribution in [0.3, 0.4) is 0 Å². The summed E-state index contributed by atoms with van der Waals surface area (Å²) >= 11 is 0. The summed E-state index contributed by atoms with van der Waals surface area (Å²) in [5.41, 5.74) is 3.03. The van der Waals surface area contributed by atoms with Gasteiger partial charge in [0.2, 0.25) is 0 Å². The minimum Gasteiger partial charge on any atom is -0.394 e. The highest BCUT2D eigenvalue weighted by Gasteiger charge is 2.07. The number of carbonyl (C=O) groups excluding carboxylic acids is 1. The summed E-state index contributed by atoms with van der Waals surface area (Å²) in [6.07, 6.45) is 0. The van der Waals surface area contributed by atoms with Crippen LogP contribution >= 0.6 is 0 Å². The van der Waals surface area contributed by atoms with Crippen LogP contribution in [0.25, 0.3) is 0 Å². The maximum Gasteiger partial charge on any atom is 0.319 e. The number of hydrogen-bond acceptors (Lipinski definition) is 3. The van der Waals surface area contributed by atoms with E-state index in [0.717, 1.165) is 12.2 Å². The molecule has 2 rings (SSSR count). The average molecular weight is 313 g/mol. The fourth-order valence-corrected chi connectivity index (χ4v) is 2.18. The molecule has 0 aliphatic carbocycles. The van der Waals surface area contributed by atoms with Crippen molar-refractivity contribution in [3.8, 4) is 0 Å². The first kappa shape index (κ1) is 16.8. The van der Waals surface area contributed by atoms with E-state index in [4.69, 9.17) is 5.11 Å². The van der Waals surface area contributed by atoms with Crippen molar-refractivity contribution in [1.29, 1.82) is 0 Å². The van der Waals surface area contributed by atoms with E-state index in [0.29, 0.717) is 5.69 Å². The van der Waals surface area contributed by atoms with E-state index in [2.05, 4.69) is 27.7 Å². The van der Waals surface area contributed by atoms with Crippen molar-refractivity contribution in [1.82, 2.24) is 5.32 Å². The lowest BCUT2D eigenvalue weighted by Crippen LogP contribution is -2.38. The normalized spacial score (nSPS) is 11.6. The molecule has 5 heteroatoms. The number of amides is 2. The summed E-state index contributed by atoms with van der Waals surface area (Å²) in [6.45, 7) is 2.47. The lowest BCUT2D eigenvalue weighted by Gasteiger charge is -2.20. The summed E-state index contributed by atoms with van der Waals surface area (Å²) in [6, 6.07) is 17.3. The first-order valence-corrected chi connectivity index (χ1v) is 7.62. The third-order valence-electron chi connectivity index (χ3n) is 3.48. The third-order valence-corrected chi connectivity index (χ3v) is 3.48. The van der Waals surface area contributed by atoms with Gasteiger partial charge in [-0.25, -0.2) is 4.79 Å². The van der Waals surface area contributed by atoms with Gasteiger partial charge in [0.1, 0.15) is 0 Å². The van der Waals surface area contributed by atoms with Crippen molar-refractivity contribution in [2.24, 2.45) is 0 Å². The molecule has 1 atom stereocenters. The zero-order valence-electron chi connectivity index (χ0n) is 13.5. The number of hydrogen-bond donors (Lipinski definition) is 3. The van der Waals surface area contributed by atoms with E-state index in [1.165, 1.54) is 5.56 Å². The summed E-state index contributed by atoms with van der Waals surface area (Å²) < 4.78 is 0. The standard InChI is InChI=1S/C18H23N3O2/c1-14(13-22)19-18(23)20-16-8-10-17(11-9-16)21(2)12-15-6-4-3-5-7-15/h3-11,14,22H,12-13H2,1-2H3,(H2,19,20,23). The predicted octanol–water partition coefficient (Wildman–Crippen LogP) is 2.83. The van der Waals surface area contributed by atoms with Crippen molar-refractivity contribution in [3.05, 3.63) is 60.2 Å². The molecule has 0 aliphatic rings. The van der Waals surface area contributed by atoms with Crippen LogP contribution in [0.5, 0.6) is 0 Å². The number of aliphatic hydroxyl groups is 1. The van der Waals surface area contributed by atoms with Gasteiger partial charge in [0, 0.05) is 25.0 Å². The Labute approximate surface area is 136 Å². The van der Waals surface area contributed by atoms with Crippen molar-refractivity contribution in [3.63, 3.8) is 0 Å². The highest BCUT2D eigenvalue weighted by atomic mass is 16.3. The maximum atomic E-state index is 11.7. The van der Waals surface area contributed by atoms with Gasteiger partial charge in [0.05, 0.1) is 12.6 Å². The Hall–Kier alpha value is -2.53. The van der Waals surface area contributed by atoms with Crippen molar-refractivity contribution in [2.75, 3.05) is 23.9 Å². The second-order valence-corrected chi connectivity index (χ2v) is 5.57. The molecule has 0 aliphatic heterocycles. The van der Waals surface area contributed by atoms with E-state index >= 15 is 0 Å². The topological polar surface area (TPSA) is 64.6 Å². The molecule has 2 aromatic carbocycles. The highest BCUT2D eigenvalue weighted by molar-refractivity contribution is 5.89. The molecule has 23 heavy (non-hydrogen) atoms. The Balaban J connectivity index is 1.92. The number of aliphatic hydroxyl groups excluding tert-OH is 1. The number of carbonyl (C=O) groups is 1. The van der Waals surface area contributed by atoms with E-state index in [9.17, 15) is 4.79 Å². The second kappa shape index (κ2) is 8.19. The van der Waals surface area contributed by atoms with E-state index in [1.807, 2.05) is 49.5 Å². The molecular formula is C18H23N3O2. The number of anilines is 2. The van der Waals surface area contributed by atoms with E-state index in [1.54, 1.807) is 6.92 Å². The van der Waals surface area contributed by atoms with Gasteiger partial charge in [-0.05, 0) is 36.8 Å². The minimum absolute atomic E-state index is 0.0867. The average Bonchev–Trinajstić information content (AvgIpc) is 2.56. The van der Waals surface area contributed by atoms with Gasteiger partial charge in [0.25, 0.3) is 0 Å². The van der Waals surface area contributed by atoms with E-state index in [-0.39, 0.29) is 18.7 Å². The quantitative estimate of drug-likeness (QED) is 0.768. The molecule has 2 aromatic rings. The van der Waals surface area contributed by atoms with Crippen molar-refractivity contribution in [2.45, 2.75) is 19.5 Å². The molecule has 0 fully saturated rings. The largest absolute Gasteiger partial charge is 0.394 e. The number of nitrogens with zero attached hydrogens (tertiary/aromatic N) is 1. The minimum atomic E-state index is -0.322. The summed E-state index contributed by atoms with van der Waals surface area (Å²) in [7, 11) is 2.03. The molecule has 0 radical (unpaired) electrons. The highest BCUT2D eigenvalue weighted by Crippen LogP contribution is 2.18. The summed E-state index contributed by atoms with van der Waals surface area (Å²) in [4.78, 5) is 13.8. The van der Waals surface area contributed by atoms with Gasteiger partial charge in [-0.15, -0.1) is 0 Å². The van der Waals surface area contributed by atoms with Crippen molar-refractivity contribution < 1.29 is 9.90 Å². The van der Waals surface area contributed by atoms with Crippen molar-refractivity contribution >= 4 is 17.4 Å². The van der Waals surface area contributed by atoms with Crippen LogP contribution in [0.15, 0.2) is 54.6 Å². The SMILES string of the molecule is CC(CO)NC(=O)Nc1ccc(N(C)Cc2ccccc2)cc1. The fourth-order valence-electron chi connectivity index (χ4n) is 2.18. The fraction of sp³-hybridized carbons (Fsp3) is 0.278. The Bertz CT molecular complexity index is 614. The van der Waals surface area contributed by atoms with Crippen LogP contribution < -0.4 is 15.5 Å². The molecule has 0 saturated carbocycles. The van der Waals surface area contributed by atoms with Crippen LogP contribution in [0, 0.1) is 0 Å². The molecular weight excluding hydrogens is 290 g/mol. The zero-order chi connectivity index (χ0) is 16.7. The zero-order valence-corrected chi connectivity index (χ0v) is 13.5. The third kappa shape index (κ3) is 5.30. The first-order valence-electron chi connectivity index (χ1n) is 7.62. The maximum absolute atomic E-state index is 11.7. The van der Waals surface area contributed by atoms with Gasteiger partial charge >= 0.3 is 6.03 Å². The molecule has 1 unspecified atom stereocenters. The van der Waals surface area contributed by atoms with Gasteiger partial charge in [0.15, 0.2) is 0 Å². The Morgan fingerprint density at radius 1 is 1.13 bits per heavy atom. The van der Waals surface area contributed by atoms with Gasteiger partial charge in [-0.1, -0.05) is 30.3 Å². The predicted molar refractivity (Wildman–Crippen MR) is 93.7 cm³/mol. The monoisotopic (exact) mass is 313 g/mol. The summed E-state index contributed by atoms with van der Waals surface area (Å²) in [5, 5.41) is 14.3. The Kier molecular flexibility index (Phi) is 6.00. The van der Waals surface area contributed by atoms with Gasteiger partial charge in [-0.3, -0.25) is 0 Å². The number of nitrogens with one attached hydrogen (secondary N) is 2. The molecule has 0 spiro atoms.